The molecule has 3 aromatic carbocycles. The number of phenols is 3. The maximum atomic E-state index is 12.7. The molecule has 4 aromatic rings. The highest BCUT2D eigenvalue weighted by Crippen LogP contribution is 2.34. The fourth-order valence-corrected chi connectivity index (χ4v) is 4.60. The number of carboxylic acids is 1. The summed E-state index contributed by atoms with van der Waals surface area (Å²) >= 11 is 0. The average Bonchev–Trinajstić information content (AvgIpc) is 2.97. The molecule has 5 atom stereocenters. The fraction of sp³-hybridized carbons (Fsp3) is 0.194. The Morgan fingerprint density at radius 2 is 1.64 bits per heavy atom. The van der Waals surface area contributed by atoms with E-state index in [4.69, 9.17) is 18.6 Å². The van der Waals surface area contributed by atoms with Crippen LogP contribution in [0.3, 0.4) is 0 Å². The number of fused-ring (bicyclic) bond motifs is 1. The second kappa shape index (κ2) is 12.1. The van der Waals surface area contributed by atoms with Gasteiger partial charge in [-0.1, -0.05) is 6.07 Å². The maximum absolute atomic E-state index is 12.7. The van der Waals surface area contributed by atoms with E-state index in [0.29, 0.717) is 16.7 Å². The Morgan fingerprint density at radius 1 is 0.909 bits per heavy atom. The predicted octanol–water partition coefficient (Wildman–Crippen LogP) is 2.42. The number of esters is 1. The van der Waals surface area contributed by atoms with Gasteiger partial charge in [-0.2, -0.15) is 0 Å². The van der Waals surface area contributed by atoms with E-state index in [2.05, 4.69) is 0 Å². The summed E-state index contributed by atoms with van der Waals surface area (Å²) in [4.78, 5) is 37.2. The molecule has 0 radical (unpaired) electrons. The van der Waals surface area contributed by atoms with Gasteiger partial charge in [0.15, 0.2) is 17.6 Å². The number of benzene rings is 3. The van der Waals surface area contributed by atoms with Crippen LogP contribution in [-0.2, 0) is 19.1 Å². The minimum absolute atomic E-state index is 0.00395. The quantitative estimate of drug-likeness (QED) is 0.132. The van der Waals surface area contributed by atoms with Crippen molar-refractivity contribution in [3.05, 3.63) is 88.1 Å². The third-order valence-electron chi connectivity index (χ3n) is 6.86. The van der Waals surface area contributed by atoms with Gasteiger partial charge < -0.3 is 49.3 Å². The molecule has 0 aliphatic carbocycles. The van der Waals surface area contributed by atoms with Crippen LogP contribution < -0.4 is 10.2 Å². The second-order valence-corrected chi connectivity index (χ2v) is 9.98. The summed E-state index contributed by atoms with van der Waals surface area (Å²) in [6.45, 7) is 1.65. The Balaban J connectivity index is 1.36. The minimum Gasteiger partial charge on any atom is -0.508 e. The van der Waals surface area contributed by atoms with Gasteiger partial charge in [-0.15, -0.1) is 0 Å². The number of carbonyl (C=O) groups excluding carboxylic acids is 1. The number of aromatic hydroxyl groups is 3. The third kappa shape index (κ3) is 6.20. The molecule has 44 heavy (non-hydrogen) atoms. The molecule has 228 valence electrons. The molecule has 13 nitrogen and oxygen atoms in total. The lowest BCUT2D eigenvalue weighted by molar-refractivity contribution is -0.274. The van der Waals surface area contributed by atoms with Gasteiger partial charge in [0.1, 0.15) is 51.9 Å². The number of rotatable bonds is 7. The van der Waals surface area contributed by atoms with Crippen molar-refractivity contribution >= 4 is 29.0 Å². The number of aryl methyl sites for hydroxylation is 1. The number of aliphatic hydroxyl groups excluding tert-OH is 2. The van der Waals surface area contributed by atoms with E-state index >= 15 is 0 Å². The van der Waals surface area contributed by atoms with Gasteiger partial charge >= 0.3 is 11.9 Å². The van der Waals surface area contributed by atoms with E-state index in [0.717, 1.165) is 18.2 Å². The molecule has 1 aliphatic heterocycles. The van der Waals surface area contributed by atoms with Crippen molar-refractivity contribution in [3.63, 3.8) is 0 Å². The Kier molecular flexibility index (Phi) is 8.27. The van der Waals surface area contributed by atoms with Gasteiger partial charge in [0, 0.05) is 29.8 Å². The van der Waals surface area contributed by atoms with Crippen LogP contribution in [-0.4, -0.2) is 73.3 Å². The van der Waals surface area contributed by atoms with Crippen molar-refractivity contribution in [2.45, 2.75) is 37.6 Å². The zero-order valence-electron chi connectivity index (χ0n) is 22.9. The lowest BCUT2D eigenvalue weighted by atomic mass is 9.98. The molecule has 5 unspecified atom stereocenters. The van der Waals surface area contributed by atoms with Gasteiger partial charge in [-0.3, -0.25) is 4.79 Å². The van der Waals surface area contributed by atoms with Gasteiger partial charge in [0.05, 0.1) is 0 Å². The number of phenolic OH excluding ortho intramolecular Hbond substituents is 3. The zero-order chi connectivity index (χ0) is 31.7. The number of aliphatic carboxylic acids is 1. The standard InChI is InChI=1S/C31H26O13/c1-14-10-15(2-8-19(14)33)3-9-24(36)43-28-26(37)27(38)31(44-29(28)30(39)40)41-18-11-20(34)25-21(35)13-22(42-23(25)12-18)16-4-6-17(32)7-5-16/h2-13,26-29,31-34,37-38H,1H3,(H,39,40)/b9-3+. The highest BCUT2D eigenvalue weighted by atomic mass is 16.7. The molecule has 1 aliphatic rings. The minimum atomic E-state index is -1.98. The number of hydrogen-bond acceptors (Lipinski definition) is 12. The Hall–Kier alpha value is -5.37. The molecule has 0 amide bonds. The largest absolute Gasteiger partial charge is 0.508 e. The summed E-state index contributed by atoms with van der Waals surface area (Å²) in [5.41, 5.74) is 0.813. The third-order valence-corrected chi connectivity index (χ3v) is 6.86. The van der Waals surface area contributed by atoms with Crippen LogP contribution in [0.25, 0.3) is 28.4 Å². The molecule has 0 saturated carbocycles. The lowest BCUT2D eigenvalue weighted by Crippen LogP contribution is -2.62. The summed E-state index contributed by atoms with van der Waals surface area (Å²) in [6, 6.07) is 13.7. The van der Waals surface area contributed by atoms with Crippen LogP contribution >= 0.6 is 0 Å². The smallest absolute Gasteiger partial charge is 0.337 e. The van der Waals surface area contributed by atoms with Crippen LogP contribution in [0.1, 0.15) is 11.1 Å². The van der Waals surface area contributed by atoms with Gasteiger partial charge in [0.25, 0.3) is 0 Å². The topological polar surface area (TPSA) is 213 Å². The normalized spacial score (nSPS) is 21.8. The highest BCUT2D eigenvalue weighted by Gasteiger charge is 2.51. The predicted molar refractivity (Wildman–Crippen MR) is 152 cm³/mol. The first kappa shape index (κ1) is 30.1. The molecule has 1 fully saturated rings. The maximum Gasteiger partial charge on any atom is 0.337 e. The number of hydrogen-bond donors (Lipinski definition) is 6. The molecule has 0 bridgehead atoms. The van der Waals surface area contributed by atoms with Crippen molar-refractivity contribution < 1.29 is 58.9 Å². The van der Waals surface area contributed by atoms with Crippen molar-refractivity contribution in [1.29, 1.82) is 0 Å². The molecular weight excluding hydrogens is 580 g/mol. The lowest BCUT2D eigenvalue weighted by Gasteiger charge is -2.39. The Labute approximate surface area is 248 Å². The number of aliphatic hydroxyl groups is 2. The monoisotopic (exact) mass is 606 g/mol. The van der Waals surface area contributed by atoms with Crippen molar-refractivity contribution in [2.24, 2.45) is 0 Å². The molecule has 2 heterocycles. The molecule has 0 spiro atoms. The SMILES string of the molecule is Cc1cc(/C=C/C(=O)OC2C(C(=O)O)OC(Oc3cc(O)c4c(=O)cc(-c5ccc(O)cc5)oc4c3)C(O)C2O)ccc1O. The van der Waals surface area contributed by atoms with E-state index < -0.39 is 53.8 Å². The highest BCUT2D eigenvalue weighted by molar-refractivity contribution is 5.88. The van der Waals surface area contributed by atoms with E-state index in [1.54, 1.807) is 13.0 Å². The van der Waals surface area contributed by atoms with Crippen LogP contribution in [0.4, 0.5) is 0 Å². The summed E-state index contributed by atoms with van der Waals surface area (Å²) < 4.78 is 21.8. The van der Waals surface area contributed by atoms with E-state index in [1.807, 2.05) is 0 Å². The van der Waals surface area contributed by atoms with Crippen molar-refractivity contribution in [1.82, 2.24) is 0 Å². The van der Waals surface area contributed by atoms with E-state index in [-0.39, 0.29) is 34.0 Å². The molecule has 13 heteroatoms. The molecule has 1 aromatic heterocycles. The first-order chi connectivity index (χ1) is 20.9. The molecule has 6 N–H and O–H groups in total. The second-order valence-electron chi connectivity index (χ2n) is 9.98. The summed E-state index contributed by atoms with van der Waals surface area (Å²) in [5.74, 6) is -3.28. The van der Waals surface area contributed by atoms with Crippen LogP contribution in [0.5, 0.6) is 23.0 Å². The first-order valence-electron chi connectivity index (χ1n) is 13.1. The summed E-state index contributed by atoms with van der Waals surface area (Å²) in [7, 11) is 0. The van der Waals surface area contributed by atoms with Crippen LogP contribution in [0.15, 0.2) is 76.0 Å². The van der Waals surface area contributed by atoms with Crippen LogP contribution in [0, 0.1) is 6.92 Å². The molecular formula is C31H26O13. The first-order valence-corrected chi connectivity index (χ1v) is 13.1. The van der Waals surface area contributed by atoms with E-state index in [1.165, 1.54) is 48.5 Å². The van der Waals surface area contributed by atoms with Crippen LogP contribution in [0.2, 0.25) is 0 Å². The summed E-state index contributed by atoms with van der Waals surface area (Å²) in [6.07, 6.45) is -7.21. The number of carboxylic acid groups (broad SMARTS) is 1. The Bertz CT molecular complexity index is 1810. The molecule has 1 saturated heterocycles. The van der Waals surface area contributed by atoms with E-state index in [9.17, 15) is 45.0 Å². The van der Waals surface area contributed by atoms with Crippen molar-refractivity contribution in [3.8, 4) is 34.3 Å². The van der Waals surface area contributed by atoms with Crippen molar-refractivity contribution in [2.75, 3.05) is 0 Å². The van der Waals surface area contributed by atoms with Gasteiger partial charge in [-0.25, -0.2) is 9.59 Å². The zero-order valence-corrected chi connectivity index (χ0v) is 22.9. The molecule has 5 rings (SSSR count). The van der Waals surface area contributed by atoms with Gasteiger partial charge in [-0.05, 0) is 60.5 Å². The fourth-order valence-electron chi connectivity index (χ4n) is 4.60. The average molecular weight is 607 g/mol. The number of ether oxygens (including phenoxy) is 3. The van der Waals surface area contributed by atoms with Gasteiger partial charge in [0.2, 0.25) is 6.29 Å². The number of carbonyl (C=O) groups is 2. The Morgan fingerprint density at radius 3 is 2.32 bits per heavy atom. The summed E-state index contributed by atoms with van der Waals surface area (Å²) in [5, 5.41) is 60.7.